The number of nitrogen functional groups attached to an aromatic ring is 2. The molecule has 0 saturated heterocycles. The van der Waals surface area contributed by atoms with Crippen LogP contribution in [0, 0.1) is 0 Å². The van der Waals surface area contributed by atoms with Crippen LogP contribution in [-0.4, -0.2) is 10.8 Å². The normalized spacial score (nSPS) is 10.2. The molecule has 17 heavy (non-hydrogen) atoms. The van der Waals surface area contributed by atoms with Crippen LogP contribution in [0.25, 0.3) is 0 Å². The third-order valence-corrected chi connectivity index (χ3v) is 2.49. The van der Waals surface area contributed by atoms with E-state index in [4.69, 9.17) is 23.1 Å². The van der Waals surface area contributed by atoms with E-state index in [9.17, 15) is 4.79 Å². The van der Waals surface area contributed by atoms with E-state index in [-0.39, 0.29) is 17.2 Å². The van der Waals surface area contributed by atoms with E-state index in [1.54, 1.807) is 24.3 Å². The van der Waals surface area contributed by atoms with Crippen molar-refractivity contribution in [3.8, 4) is 0 Å². The molecule has 0 spiro atoms. The third kappa shape index (κ3) is 2.37. The molecule has 5 heteroatoms. The minimum absolute atomic E-state index is 0.154. The van der Waals surface area contributed by atoms with Crippen molar-refractivity contribution in [2.24, 2.45) is 0 Å². The fraction of sp³-hybridized carbons (Fsp3) is 0. The summed E-state index contributed by atoms with van der Waals surface area (Å²) in [5, 5.41) is 0.367. The molecule has 0 aliphatic carbocycles. The molecule has 1 aromatic carbocycles. The molecule has 0 aliphatic rings. The molecule has 0 aliphatic heterocycles. The lowest BCUT2D eigenvalue weighted by molar-refractivity contribution is 0.103. The molecule has 4 N–H and O–H groups in total. The van der Waals surface area contributed by atoms with Gasteiger partial charge in [-0.1, -0.05) is 23.7 Å². The van der Waals surface area contributed by atoms with Gasteiger partial charge in [-0.05, 0) is 18.2 Å². The van der Waals surface area contributed by atoms with Gasteiger partial charge in [-0.2, -0.15) is 0 Å². The zero-order valence-corrected chi connectivity index (χ0v) is 9.61. The molecule has 4 nitrogen and oxygen atoms in total. The average Bonchev–Trinajstić information content (AvgIpc) is 2.31. The lowest BCUT2D eigenvalue weighted by Gasteiger charge is -2.05. The van der Waals surface area contributed by atoms with Crippen molar-refractivity contribution in [1.29, 1.82) is 0 Å². The summed E-state index contributed by atoms with van der Waals surface area (Å²) in [7, 11) is 0. The number of carbonyl (C=O) groups excluding carboxylic acids is 1. The summed E-state index contributed by atoms with van der Waals surface area (Å²) in [5.41, 5.74) is 12.5. The maximum absolute atomic E-state index is 12.1. The molecule has 0 saturated carbocycles. The van der Waals surface area contributed by atoms with Gasteiger partial charge in [0.15, 0.2) is 5.78 Å². The minimum atomic E-state index is -0.246. The third-order valence-electron chi connectivity index (χ3n) is 2.28. The first-order valence-corrected chi connectivity index (χ1v) is 5.27. The van der Waals surface area contributed by atoms with E-state index in [1.807, 2.05) is 0 Å². The molecule has 0 amide bonds. The summed E-state index contributed by atoms with van der Waals surface area (Å²) in [6.07, 6.45) is 1.40. The molecule has 2 aromatic rings. The van der Waals surface area contributed by atoms with E-state index in [1.165, 1.54) is 12.3 Å². The highest BCUT2D eigenvalue weighted by molar-refractivity contribution is 6.31. The van der Waals surface area contributed by atoms with Gasteiger partial charge < -0.3 is 11.5 Å². The Balaban J connectivity index is 2.47. The van der Waals surface area contributed by atoms with Crippen LogP contribution in [0.1, 0.15) is 15.9 Å². The van der Waals surface area contributed by atoms with Crippen molar-refractivity contribution >= 4 is 28.9 Å². The molecule has 0 atom stereocenters. The first kappa shape index (κ1) is 11.4. The average molecular weight is 248 g/mol. The van der Waals surface area contributed by atoms with Gasteiger partial charge >= 0.3 is 0 Å². The lowest BCUT2D eigenvalue weighted by Crippen LogP contribution is -2.07. The first-order valence-electron chi connectivity index (χ1n) is 4.89. The molecule has 1 heterocycles. The van der Waals surface area contributed by atoms with Gasteiger partial charge in [-0.15, -0.1) is 0 Å². The second kappa shape index (κ2) is 4.43. The largest absolute Gasteiger partial charge is 0.399 e. The topological polar surface area (TPSA) is 82.0 Å². The summed E-state index contributed by atoms with van der Waals surface area (Å²) in [6, 6.07) is 8.16. The highest BCUT2D eigenvalue weighted by Crippen LogP contribution is 2.19. The van der Waals surface area contributed by atoms with Gasteiger partial charge in [0.25, 0.3) is 0 Å². The van der Waals surface area contributed by atoms with E-state index >= 15 is 0 Å². The number of anilines is 2. The fourth-order valence-electron chi connectivity index (χ4n) is 1.47. The van der Waals surface area contributed by atoms with Gasteiger partial charge in [-0.3, -0.25) is 4.79 Å². The van der Waals surface area contributed by atoms with Crippen LogP contribution in [0.5, 0.6) is 0 Å². The molecule has 0 radical (unpaired) electrons. The van der Waals surface area contributed by atoms with Crippen LogP contribution in [0.4, 0.5) is 11.5 Å². The Morgan fingerprint density at radius 3 is 2.71 bits per heavy atom. The Morgan fingerprint density at radius 1 is 1.24 bits per heavy atom. The van der Waals surface area contributed by atoms with Crippen molar-refractivity contribution in [2.75, 3.05) is 11.5 Å². The molecule has 0 fully saturated rings. The van der Waals surface area contributed by atoms with E-state index in [0.29, 0.717) is 16.3 Å². The highest BCUT2D eigenvalue weighted by Gasteiger charge is 2.13. The van der Waals surface area contributed by atoms with Crippen LogP contribution in [0.2, 0.25) is 5.02 Å². The predicted molar refractivity (Wildman–Crippen MR) is 67.9 cm³/mol. The maximum Gasteiger partial charge on any atom is 0.196 e. The number of hydrogen-bond acceptors (Lipinski definition) is 4. The second-order valence-corrected chi connectivity index (χ2v) is 3.98. The summed E-state index contributed by atoms with van der Waals surface area (Å²) < 4.78 is 0. The van der Waals surface area contributed by atoms with Crippen molar-refractivity contribution in [2.45, 2.75) is 0 Å². The molecule has 2 rings (SSSR count). The van der Waals surface area contributed by atoms with Crippen LogP contribution in [-0.2, 0) is 0 Å². The SMILES string of the molecule is Nc1cccc(C(=O)c2cc(Cl)cnc2N)c1. The van der Waals surface area contributed by atoms with E-state index in [2.05, 4.69) is 4.98 Å². The van der Waals surface area contributed by atoms with Crippen LogP contribution in [0.3, 0.4) is 0 Å². The van der Waals surface area contributed by atoms with Gasteiger partial charge in [-0.25, -0.2) is 4.98 Å². The molecular formula is C12H10ClN3O. The number of nitrogens with two attached hydrogens (primary N) is 2. The van der Waals surface area contributed by atoms with Gasteiger partial charge in [0.1, 0.15) is 5.82 Å². The number of carbonyl (C=O) groups is 1. The number of nitrogens with zero attached hydrogens (tertiary/aromatic N) is 1. The molecule has 0 unspecified atom stereocenters. The van der Waals surface area contributed by atoms with Crippen LogP contribution < -0.4 is 11.5 Å². The Hall–Kier alpha value is -2.07. The molecule has 0 bridgehead atoms. The Morgan fingerprint density at radius 2 is 2.00 bits per heavy atom. The number of halogens is 1. The Kier molecular flexibility index (Phi) is 2.97. The van der Waals surface area contributed by atoms with Crippen molar-refractivity contribution in [1.82, 2.24) is 4.98 Å². The van der Waals surface area contributed by atoms with Gasteiger partial charge in [0.05, 0.1) is 10.6 Å². The van der Waals surface area contributed by atoms with E-state index < -0.39 is 0 Å². The lowest BCUT2D eigenvalue weighted by atomic mass is 10.0. The van der Waals surface area contributed by atoms with Crippen molar-refractivity contribution in [3.63, 3.8) is 0 Å². The van der Waals surface area contributed by atoms with E-state index in [0.717, 1.165) is 0 Å². The second-order valence-electron chi connectivity index (χ2n) is 3.54. The number of rotatable bonds is 2. The quantitative estimate of drug-likeness (QED) is 0.629. The van der Waals surface area contributed by atoms with Crippen LogP contribution >= 0.6 is 11.6 Å². The minimum Gasteiger partial charge on any atom is -0.399 e. The summed E-state index contributed by atoms with van der Waals surface area (Å²) in [5.74, 6) is -0.0911. The number of ketones is 1. The predicted octanol–water partition coefficient (Wildman–Crippen LogP) is 2.13. The maximum atomic E-state index is 12.1. The number of aromatic nitrogens is 1. The summed E-state index contributed by atoms with van der Waals surface area (Å²) in [6.45, 7) is 0. The number of pyridine rings is 1. The highest BCUT2D eigenvalue weighted by atomic mass is 35.5. The summed E-state index contributed by atoms with van der Waals surface area (Å²) in [4.78, 5) is 16.0. The standard InChI is InChI=1S/C12H10ClN3O/c13-8-5-10(12(15)16-6-8)11(17)7-2-1-3-9(14)4-7/h1-6H,14H2,(H2,15,16). The van der Waals surface area contributed by atoms with Crippen molar-refractivity contribution in [3.05, 3.63) is 52.7 Å². The zero-order chi connectivity index (χ0) is 12.4. The Bertz CT molecular complexity index is 584. The molecule has 86 valence electrons. The number of benzene rings is 1. The van der Waals surface area contributed by atoms with Gasteiger partial charge in [0, 0.05) is 17.4 Å². The smallest absolute Gasteiger partial charge is 0.196 e. The fourth-order valence-corrected chi connectivity index (χ4v) is 1.63. The Labute approximate surface area is 103 Å². The van der Waals surface area contributed by atoms with Gasteiger partial charge in [0.2, 0.25) is 0 Å². The summed E-state index contributed by atoms with van der Waals surface area (Å²) >= 11 is 5.78. The first-order chi connectivity index (χ1) is 8.08. The van der Waals surface area contributed by atoms with Crippen LogP contribution in [0.15, 0.2) is 36.5 Å². The zero-order valence-electron chi connectivity index (χ0n) is 8.85. The molecular weight excluding hydrogens is 238 g/mol. The van der Waals surface area contributed by atoms with Crippen molar-refractivity contribution < 1.29 is 4.79 Å². The molecule has 1 aromatic heterocycles. The number of hydrogen-bond donors (Lipinski definition) is 2. The monoisotopic (exact) mass is 247 g/mol.